The van der Waals surface area contributed by atoms with Crippen LogP contribution < -0.4 is 10.6 Å². The Morgan fingerprint density at radius 2 is 1.76 bits per heavy atom. The van der Waals surface area contributed by atoms with E-state index in [4.69, 9.17) is 12.2 Å². The van der Waals surface area contributed by atoms with Crippen LogP contribution in [0.4, 0.5) is 11.6 Å². The maximum atomic E-state index is 5.37. The quantitative estimate of drug-likeness (QED) is 0.694. The maximum absolute atomic E-state index is 5.37. The van der Waals surface area contributed by atoms with Crippen LogP contribution in [0.1, 0.15) is 22.3 Å². The molecule has 0 amide bonds. The first-order valence-electron chi connectivity index (χ1n) is 8.11. The van der Waals surface area contributed by atoms with Crippen LogP contribution in [-0.2, 0) is 6.54 Å². The highest BCUT2D eigenvalue weighted by atomic mass is 32.1. The van der Waals surface area contributed by atoms with Crippen molar-refractivity contribution in [3.8, 4) is 0 Å². The summed E-state index contributed by atoms with van der Waals surface area (Å²) in [6.07, 6.45) is 1.70. The Labute approximate surface area is 153 Å². The van der Waals surface area contributed by atoms with Gasteiger partial charge in [0.15, 0.2) is 5.11 Å². The van der Waals surface area contributed by atoms with E-state index in [9.17, 15) is 0 Å². The first-order valence-corrected chi connectivity index (χ1v) is 8.52. The van der Waals surface area contributed by atoms with Gasteiger partial charge in [-0.2, -0.15) is 0 Å². The lowest BCUT2D eigenvalue weighted by molar-refractivity contribution is 0.684. The monoisotopic (exact) mass is 351 g/mol. The Morgan fingerprint density at radius 1 is 1.00 bits per heavy atom. The molecule has 0 spiro atoms. The van der Waals surface area contributed by atoms with Crippen LogP contribution >= 0.6 is 12.2 Å². The molecule has 6 heteroatoms. The third-order valence-corrected chi connectivity index (χ3v) is 4.41. The van der Waals surface area contributed by atoms with Crippen molar-refractivity contribution < 1.29 is 0 Å². The number of thiocarbonyl (C=S) groups is 1. The minimum Gasteiger partial charge on any atom is -0.332 e. The van der Waals surface area contributed by atoms with Crippen molar-refractivity contribution in [1.29, 1.82) is 0 Å². The van der Waals surface area contributed by atoms with Crippen molar-refractivity contribution in [3.63, 3.8) is 0 Å². The van der Waals surface area contributed by atoms with E-state index in [1.807, 2.05) is 24.3 Å². The fourth-order valence-corrected chi connectivity index (χ4v) is 2.73. The Balaban J connectivity index is 1.64. The fourth-order valence-electron chi connectivity index (χ4n) is 2.53. The van der Waals surface area contributed by atoms with Crippen molar-refractivity contribution in [2.75, 3.05) is 10.6 Å². The minimum absolute atomic E-state index is 0.474. The van der Waals surface area contributed by atoms with E-state index in [2.05, 4.69) is 59.7 Å². The fraction of sp³-hybridized carbons (Fsp3) is 0.211. The number of aryl methyl sites for hydroxylation is 2. The largest absolute Gasteiger partial charge is 0.332 e. The number of aromatic nitrogens is 3. The van der Waals surface area contributed by atoms with Gasteiger partial charge in [-0.25, -0.2) is 9.67 Å². The first-order chi connectivity index (χ1) is 12.0. The highest BCUT2D eigenvalue weighted by molar-refractivity contribution is 7.80. The number of anilines is 2. The zero-order chi connectivity index (χ0) is 17.8. The summed E-state index contributed by atoms with van der Waals surface area (Å²) in [5, 5.41) is 11.1. The van der Waals surface area contributed by atoms with Gasteiger partial charge in [0.1, 0.15) is 6.33 Å². The van der Waals surface area contributed by atoms with Crippen molar-refractivity contribution in [2.24, 2.45) is 0 Å². The van der Waals surface area contributed by atoms with Gasteiger partial charge in [0.2, 0.25) is 5.95 Å². The van der Waals surface area contributed by atoms with E-state index in [1.165, 1.54) is 22.3 Å². The van der Waals surface area contributed by atoms with Gasteiger partial charge in [0.25, 0.3) is 0 Å². The molecular formula is C19H21N5S. The molecule has 0 saturated heterocycles. The molecule has 0 bridgehead atoms. The van der Waals surface area contributed by atoms with Crippen molar-refractivity contribution in [2.45, 2.75) is 27.3 Å². The summed E-state index contributed by atoms with van der Waals surface area (Å²) in [7, 11) is 0. The zero-order valence-electron chi connectivity index (χ0n) is 14.6. The molecule has 0 aliphatic carbocycles. The molecule has 1 heterocycles. The molecule has 1 aromatic heterocycles. The first kappa shape index (κ1) is 17.1. The molecule has 0 aliphatic rings. The summed E-state index contributed by atoms with van der Waals surface area (Å²) < 4.78 is 1.80. The van der Waals surface area contributed by atoms with Crippen molar-refractivity contribution in [1.82, 2.24) is 14.8 Å². The normalized spacial score (nSPS) is 10.5. The van der Waals surface area contributed by atoms with Crippen molar-refractivity contribution >= 4 is 29.0 Å². The molecule has 2 aromatic carbocycles. The van der Waals surface area contributed by atoms with Crippen LogP contribution in [0.15, 0.2) is 48.8 Å². The van der Waals surface area contributed by atoms with Crippen LogP contribution in [0.25, 0.3) is 0 Å². The third-order valence-electron chi connectivity index (χ3n) is 4.21. The average molecular weight is 351 g/mol. The Morgan fingerprint density at radius 3 is 2.56 bits per heavy atom. The lowest BCUT2D eigenvalue weighted by Gasteiger charge is -2.12. The maximum Gasteiger partial charge on any atom is 0.248 e. The molecule has 2 N–H and O–H groups in total. The number of nitrogens with zero attached hydrogens (tertiary/aromatic N) is 3. The number of nitrogens with one attached hydrogen (secondary N) is 2. The second-order valence-corrected chi connectivity index (χ2v) is 6.43. The van der Waals surface area contributed by atoms with E-state index in [0.29, 0.717) is 17.6 Å². The second-order valence-electron chi connectivity index (χ2n) is 6.02. The zero-order valence-corrected chi connectivity index (χ0v) is 15.4. The summed E-state index contributed by atoms with van der Waals surface area (Å²) >= 11 is 5.37. The van der Waals surface area contributed by atoms with Gasteiger partial charge in [-0.1, -0.05) is 36.4 Å². The molecule has 0 fully saturated rings. The summed E-state index contributed by atoms with van der Waals surface area (Å²) in [4.78, 5) is 4.28. The Kier molecular flexibility index (Phi) is 5.09. The summed E-state index contributed by atoms with van der Waals surface area (Å²) in [5.74, 6) is 0.483. The third kappa shape index (κ3) is 4.22. The molecule has 0 radical (unpaired) electrons. The molecule has 25 heavy (non-hydrogen) atoms. The van der Waals surface area contributed by atoms with E-state index in [1.54, 1.807) is 11.0 Å². The Bertz CT molecular complexity index is 900. The molecular weight excluding hydrogens is 330 g/mol. The van der Waals surface area contributed by atoms with Crippen LogP contribution in [0.3, 0.4) is 0 Å². The molecule has 3 aromatic rings. The number of hydrogen-bond donors (Lipinski definition) is 2. The van der Waals surface area contributed by atoms with Gasteiger partial charge in [-0.05, 0) is 61.3 Å². The van der Waals surface area contributed by atoms with Gasteiger partial charge < -0.3 is 5.32 Å². The molecule has 128 valence electrons. The highest BCUT2D eigenvalue weighted by Gasteiger charge is 2.07. The SMILES string of the molecule is Cc1ccccc1Cn1cnc(NC(=S)Nc2cccc(C)c2C)n1. The molecule has 5 nitrogen and oxygen atoms in total. The van der Waals surface area contributed by atoms with E-state index >= 15 is 0 Å². The van der Waals surface area contributed by atoms with Gasteiger partial charge in [0.05, 0.1) is 6.54 Å². The standard InChI is InChI=1S/C19H21N5S/c1-13-8-6-10-17(15(13)3)21-19(25)22-18-20-12-24(23-18)11-16-9-5-4-7-14(16)2/h4-10,12H,11H2,1-3H3,(H2,21,22,23,25). The molecule has 0 unspecified atom stereocenters. The predicted octanol–water partition coefficient (Wildman–Crippen LogP) is 4.06. The van der Waals surface area contributed by atoms with E-state index in [0.717, 1.165) is 5.69 Å². The smallest absolute Gasteiger partial charge is 0.248 e. The molecule has 0 saturated carbocycles. The van der Waals surface area contributed by atoms with Gasteiger partial charge in [-0.3, -0.25) is 5.32 Å². The van der Waals surface area contributed by atoms with Gasteiger partial charge in [-0.15, -0.1) is 5.10 Å². The molecule has 0 aliphatic heterocycles. The minimum atomic E-state index is 0.474. The van der Waals surface area contributed by atoms with Crippen LogP contribution in [0, 0.1) is 20.8 Å². The number of benzene rings is 2. The average Bonchev–Trinajstić information content (AvgIpc) is 3.01. The van der Waals surface area contributed by atoms with Gasteiger partial charge >= 0.3 is 0 Å². The second kappa shape index (κ2) is 7.44. The lowest BCUT2D eigenvalue weighted by Crippen LogP contribution is -2.20. The Hall–Kier alpha value is -2.73. The number of hydrogen-bond acceptors (Lipinski definition) is 3. The van der Waals surface area contributed by atoms with Crippen LogP contribution in [0.5, 0.6) is 0 Å². The number of rotatable bonds is 4. The highest BCUT2D eigenvalue weighted by Crippen LogP contribution is 2.18. The predicted molar refractivity (Wildman–Crippen MR) is 106 cm³/mol. The van der Waals surface area contributed by atoms with Crippen LogP contribution in [-0.4, -0.2) is 19.9 Å². The van der Waals surface area contributed by atoms with Crippen molar-refractivity contribution in [3.05, 3.63) is 71.0 Å². The lowest BCUT2D eigenvalue weighted by atomic mass is 10.1. The topological polar surface area (TPSA) is 54.8 Å². The molecule has 0 atom stereocenters. The van der Waals surface area contributed by atoms with E-state index < -0.39 is 0 Å². The van der Waals surface area contributed by atoms with E-state index in [-0.39, 0.29) is 0 Å². The summed E-state index contributed by atoms with van der Waals surface area (Å²) in [6.45, 7) is 6.91. The summed E-state index contributed by atoms with van der Waals surface area (Å²) in [5.41, 5.74) is 5.82. The van der Waals surface area contributed by atoms with Crippen LogP contribution in [0.2, 0.25) is 0 Å². The summed E-state index contributed by atoms with van der Waals surface area (Å²) in [6, 6.07) is 14.3. The van der Waals surface area contributed by atoms with Gasteiger partial charge in [0, 0.05) is 5.69 Å². The molecule has 3 rings (SSSR count).